The fourth-order valence-electron chi connectivity index (χ4n) is 2.66. The summed E-state index contributed by atoms with van der Waals surface area (Å²) in [7, 11) is 0. The van der Waals surface area contributed by atoms with Gasteiger partial charge in [-0.2, -0.15) is 0 Å². The number of fused-ring (bicyclic) bond motifs is 2. The second-order valence-corrected chi connectivity index (χ2v) is 5.49. The van der Waals surface area contributed by atoms with E-state index in [-0.39, 0.29) is 0 Å². The van der Waals surface area contributed by atoms with Crippen LogP contribution in [0.15, 0.2) is 72.9 Å². The summed E-state index contributed by atoms with van der Waals surface area (Å²) in [5.74, 6) is 0. The molecule has 0 N–H and O–H groups in total. The fourth-order valence-corrected chi connectivity index (χ4v) is 2.88. The molecule has 0 unspecified atom stereocenters. The Kier molecular flexibility index (Phi) is 2.87. The van der Waals surface area contributed by atoms with Crippen LogP contribution in [0.1, 0.15) is 0 Å². The van der Waals surface area contributed by atoms with Gasteiger partial charge in [-0.25, -0.2) is 0 Å². The lowest BCUT2D eigenvalue weighted by Crippen LogP contribution is -1.83. The molecule has 0 aliphatic heterocycles. The minimum absolute atomic E-state index is 0.741. The lowest BCUT2D eigenvalue weighted by Gasteiger charge is -2.06. The molecule has 0 amide bonds. The van der Waals surface area contributed by atoms with Crippen LogP contribution in [-0.2, 0) is 0 Å². The standard InChI is InChI=1S/C19H12ClN/c20-18-9-10-21-19-12-16(7-8-17(18)19)15-6-5-13-3-1-2-4-14(13)11-15/h1-12H. The molecule has 0 radical (unpaired) electrons. The summed E-state index contributed by atoms with van der Waals surface area (Å²) in [6.07, 6.45) is 1.74. The molecule has 0 saturated carbocycles. The van der Waals surface area contributed by atoms with Gasteiger partial charge in [-0.3, -0.25) is 4.98 Å². The van der Waals surface area contributed by atoms with E-state index in [1.165, 1.54) is 16.3 Å². The summed E-state index contributed by atoms with van der Waals surface area (Å²) in [6.45, 7) is 0. The number of rotatable bonds is 1. The van der Waals surface area contributed by atoms with Crippen LogP contribution in [0.5, 0.6) is 0 Å². The summed E-state index contributed by atoms with van der Waals surface area (Å²) in [5, 5.41) is 4.23. The normalized spacial score (nSPS) is 11.1. The van der Waals surface area contributed by atoms with Gasteiger partial charge in [0.1, 0.15) is 0 Å². The Morgan fingerprint density at radius 1 is 0.714 bits per heavy atom. The Bertz CT molecular complexity index is 960. The van der Waals surface area contributed by atoms with Gasteiger partial charge >= 0.3 is 0 Å². The molecule has 21 heavy (non-hydrogen) atoms. The average molecular weight is 290 g/mol. The first-order valence-electron chi connectivity index (χ1n) is 6.85. The minimum Gasteiger partial charge on any atom is -0.256 e. The van der Waals surface area contributed by atoms with Crippen molar-refractivity contribution < 1.29 is 0 Å². The zero-order valence-corrected chi connectivity index (χ0v) is 12.0. The molecule has 3 aromatic carbocycles. The zero-order valence-electron chi connectivity index (χ0n) is 11.3. The van der Waals surface area contributed by atoms with E-state index in [4.69, 9.17) is 11.6 Å². The van der Waals surface area contributed by atoms with Crippen molar-refractivity contribution >= 4 is 33.3 Å². The molecular weight excluding hydrogens is 278 g/mol. The third-order valence-electron chi connectivity index (χ3n) is 3.77. The van der Waals surface area contributed by atoms with Crippen LogP contribution in [0.4, 0.5) is 0 Å². The van der Waals surface area contributed by atoms with E-state index in [0.29, 0.717) is 0 Å². The van der Waals surface area contributed by atoms with Crippen molar-refractivity contribution in [3.63, 3.8) is 0 Å². The minimum atomic E-state index is 0.741. The molecule has 0 aliphatic carbocycles. The van der Waals surface area contributed by atoms with E-state index >= 15 is 0 Å². The number of aromatic nitrogens is 1. The van der Waals surface area contributed by atoms with Crippen LogP contribution >= 0.6 is 11.6 Å². The van der Waals surface area contributed by atoms with Gasteiger partial charge in [-0.05, 0) is 40.1 Å². The second-order valence-electron chi connectivity index (χ2n) is 5.09. The van der Waals surface area contributed by atoms with Crippen molar-refractivity contribution in [2.45, 2.75) is 0 Å². The van der Waals surface area contributed by atoms with Crippen molar-refractivity contribution in [2.75, 3.05) is 0 Å². The largest absolute Gasteiger partial charge is 0.256 e. The van der Waals surface area contributed by atoms with Crippen molar-refractivity contribution in [2.24, 2.45) is 0 Å². The van der Waals surface area contributed by atoms with E-state index in [9.17, 15) is 0 Å². The van der Waals surface area contributed by atoms with E-state index in [1.807, 2.05) is 12.1 Å². The van der Waals surface area contributed by atoms with Gasteiger partial charge < -0.3 is 0 Å². The average Bonchev–Trinajstić information content (AvgIpc) is 2.54. The van der Waals surface area contributed by atoms with Crippen molar-refractivity contribution in [1.29, 1.82) is 0 Å². The summed E-state index contributed by atoms with van der Waals surface area (Å²) >= 11 is 6.19. The highest BCUT2D eigenvalue weighted by molar-refractivity contribution is 6.35. The van der Waals surface area contributed by atoms with Gasteiger partial charge in [-0.15, -0.1) is 0 Å². The zero-order chi connectivity index (χ0) is 14.2. The van der Waals surface area contributed by atoms with Crippen molar-refractivity contribution in [3.05, 3.63) is 77.9 Å². The lowest BCUT2D eigenvalue weighted by atomic mass is 10.0. The number of nitrogens with zero attached hydrogens (tertiary/aromatic N) is 1. The smallest absolute Gasteiger partial charge is 0.0723 e. The Morgan fingerprint density at radius 2 is 1.48 bits per heavy atom. The highest BCUT2D eigenvalue weighted by Crippen LogP contribution is 2.29. The van der Waals surface area contributed by atoms with Gasteiger partial charge in [0.05, 0.1) is 10.5 Å². The summed E-state index contributed by atoms with van der Waals surface area (Å²) < 4.78 is 0. The summed E-state index contributed by atoms with van der Waals surface area (Å²) in [4.78, 5) is 4.41. The molecular formula is C19H12ClN. The molecule has 4 aromatic rings. The first kappa shape index (κ1) is 12.4. The molecule has 0 aliphatic rings. The quantitative estimate of drug-likeness (QED) is 0.437. The maximum Gasteiger partial charge on any atom is 0.0723 e. The molecule has 0 saturated heterocycles. The number of benzene rings is 3. The third kappa shape index (κ3) is 2.16. The number of hydrogen-bond acceptors (Lipinski definition) is 1. The maximum absolute atomic E-state index is 6.19. The van der Waals surface area contributed by atoms with Gasteiger partial charge in [0, 0.05) is 11.6 Å². The Balaban J connectivity index is 1.91. The monoisotopic (exact) mass is 289 g/mol. The molecule has 0 fully saturated rings. The molecule has 2 heteroatoms. The molecule has 1 aromatic heterocycles. The number of halogens is 1. The Labute approximate surface area is 127 Å². The highest BCUT2D eigenvalue weighted by atomic mass is 35.5. The molecule has 100 valence electrons. The second kappa shape index (κ2) is 4.87. The van der Waals surface area contributed by atoms with Crippen molar-refractivity contribution in [1.82, 2.24) is 4.98 Å². The van der Waals surface area contributed by atoms with E-state index in [1.54, 1.807) is 6.20 Å². The van der Waals surface area contributed by atoms with E-state index in [0.717, 1.165) is 21.5 Å². The predicted molar refractivity (Wildman–Crippen MR) is 89.7 cm³/mol. The molecule has 4 rings (SSSR count). The van der Waals surface area contributed by atoms with Crippen LogP contribution in [0.3, 0.4) is 0 Å². The lowest BCUT2D eigenvalue weighted by molar-refractivity contribution is 1.41. The first-order valence-corrected chi connectivity index (χ1v) is 7.22. The van der Waals surface area contributed by atoms with Crippen LogP contribution in [-0.4, -0.2) is 4.98 Å². The number of pyridine rings is 1. The maximum atomic E-state index is 6.19. The van der Waals surface area contributed by atoms with Crippen LogP contribution in [0.2, 0.25) is 5.02 Å². The highest BCUT2D eigenvalue weighted by Gasteiger charge is 2.04. The van der Waals surface area contributed by atoms with Gasteiger partial charge in [0.15, 0.2) is 0 Å². The van der Waals surface area contributed by atoms with Crippen LogP contribution in [0.25, 0.3) is 32.8 Å². The molecule has 1 nitrogen and oxygen atoms in total. The van der Waals surface area contributed by atoms with Gasteiger partial charge in [0.2, 0.25) is 0 Å². The van der Waals surface area contributed by atoms with Crippen molar-refractivity contribution in [3.8, 4) is 11.1 Å². The summed E-state index contributed by atoms with van der Waals surface area (Å²) in [6, 6.07) is 22.9. The fraction of sp³-hybridized carbons (Fsp3) is 0. The molecule has 0 bridgehead atoms. The molecule has 0 atom stereocenters. The van der Waals surface area contributed by atoms with E-state index in [2.05, 4.69) is 59.6 Å². The van der Waals surface area contributed by atoms with E-state index < -0.39 is 0 Å². The Morgan fingerprint density at radius 3 is 2.38 bits per heavy atom. The Hall–Kier alpha value is -2.38. The first-order chi connectivity index (χ1) is 10.3. The SMILES string of the molecule is Clc1ccnc2cc(-c3ccc4ccccc4c3)ccc12. The van der Waals surface area contributed by atoms with Gasteiger partial charge in [-0.1, -0.05) is 60.1 Å². The summed E-state index contributed by atoms with van der Waals surface area (Å²) in [5.41, 5.74) is 3.27. The third-order valence-corrected chi connectivity index (χ3v) is 4.10. The number of hydrogen-bond donors (Lipinski definition) is 0. The molecule has 1 heterocycles. The molecule has 0 spiro atoms. The topological polar surface area (TPSA) is 12.9 Å². The van der Waals surface area contributed by atoms with Crippen LogP contribution in [0, 0.1) is 0 Å². The predicted octanol–water partition coefficient (Wildman–Crippen LogP) is 5.71. The van der Waals surface area contributed by atoms with Gasteiger partial charge in [0.25, 0.3) is 0 Å². The van der Waals surface area contributed by atoms with Crippen LogP contribution < -0.4 is 0 Å².